The van der Waals surface area contributed by atoms with Crippen LogP contribution in [-0.4, -0.2) is 37.2 Å². The van der Waals surface area contributed by atoms with E-state index in [4.69, 9.17) is 14.2 Å². The molecule has 0 spiro atoms. The number of allylic oxidation sites excluding steroid dienone is 14. The summed E-state index contributed by atoms with van der Waals surface area (Å²) < 4.78 is 16.9. The molecule has 0 saturated heterocycles. The largest absolute Gasteiger partial charge is 0.462 e. The predicted octanol–water partition coefficient (Wildman–Crippen LogP) is 23.8. The third-order valence-electron chi connectivity index (χ3n) is 15.1. The van der Waals surface area contributed by atoms with Crippen molar-refractivity contribution in [2.45, 2.75) is 354 Å². The van der Waals surface area contributed by atoms with Gasteiger partial charge in [0.1, 0.15) is 13.2 Å². The molecule has 0 aliphatic heterocycles. The SMILES string of the molecule is CC/C=C\C/C=C\C/C=C\C/C=C\CCCCCCCCCCCCCCCCCCCCCCC(=O)OCC(COC(=O)CCCCCCC/C=C\CCCC)OC(=O)CCCCCCCCC/C=C\C/C=C\CCCCCC. The molecule has 462 valence electrons. The molecule has 0 saturated carbocycles. The minimum absolute atomic E-state index is 0.0783. The number of hydrogen-bond donors (Lipinski definition) is 0. The molecule has 0 aromatic rings. The molecule has 1 unspecified atom stereocenters. The lowest BCUT2D eigenvalue weighted by Crippen LogP contribution is -2.30. The Balaban J connectivity index is 4.12. The van der Waals surface area contributed by atoms with Crippen LogP contribution >= 0.6 is 0 Å². The van der Waals surface area contributed by atoms with Crippen molar-refractivity contribution in [1.29, 1.82) is 0 Å². The molecule has 0 radical (unpaired) electrons. The monoisotopic (exact) mass is 1110 g/mol. The molecule has 0 fully saturated rings. The van der Waals surface area contributed by atoms with Gasteiger partial charge in [-0.2, -0.15) is 0 Å². The molecular weight excluding hydrogens is 985 g/mol. The molecule has 6 nitrogen and oxygen atoms in total. The normalized spacial score (nSPS) is 12.6. The van der Waals surface area contributed by atoms with Crippen LogP contribution in [0.3, 0.4) is 0 Å². The van der Waals surface area contributed by atoms with Crippen molar-refractivity contribution >= 4 is 17.9 Å². The first-order valence-electron chi connectivity index (χ1n) is 34.6. The summed E-state index contributed by atoms with van der Waals surface area (Å²) in [5, 5.41) is 0. The zero-order valence-electron chi connectivity index (χ0n) is 53.1. The van der Waals surface area contributed by atoms with Crippen molar-refractivity contribution in [1.82, 2.24) is 0 Å². The van der Waals surface area contributed by atoms with E-state index in [0.717, 1.165) is 103 Å². The van der Waals surface area contributed by atoms with Crippen LogP contribution in [0.25, 0.3) is 0 Å². The quantitative estimate of drug-likeness (QED) is 0.0261. The minimum atomic E-state index is -0.782. The first-order valence-corrected chi connectivity index (χ1v) is 34.6. The minimum Gasteiger partial charge on any atom is -0.462 e. The van der Waals surface area contributed by atoms with Gasteiger partial charge in [0.25, 0.3) is 0 Å². The van der Waals surface area contributed by atoms with Gasteiger partial charge in [0.2, 0.25) is 0 Å². The van der Waals surface area contributed by atoms with Crippen molar-refractivity contribution in [3.63, 3.8) is 0 Å². The maximum absolute atomic E-state index is 12.9. The number of ether oxygens (including phenoxy) is 3. The molecule has 80 heavy (non-hydrogen) atoms. The number of carbonyl (C=O) groups excluding carboxylic acids is 3. The van der Waals surface area contributed by atoms with Crippen molar-refractivity contribution in [3.05, 3.63) is 85.1 Å². The summed E-state index contributed by atoms with van der Waals surface area (Å²) >= 11 is 0. The summed E-state index contributed by atoms with van der Waals surface area (Å²) in [6, 6.07) is 0. The molecule has 0 aromatic carbocycles. The first kappa shape index (κ1) is 76.6. The third-order valence-corrected chi connectivity index (χ3v) is 15.1. The number of carbonyl (C=O) groups is 3. The van der Waals surface area contributed by atoms with Crippen LogP contribution in [0.4, 0.5) is 0 Å². The Kier molecular flexibility index (Phi) is 65.2. The molecule has 0 aliphatic carbocycles. The van der Waals surface area contributed by atoms with E-state index in [1.807, 2.05) is 0 Å². The lowest BCUT2D eigenvalue weighted by Gasteiger charge is -2.18. The van der Waals surface area contributed by atoms with E-state index in [9.17, 15) is 14.4 Å². The van der Waals surface area contributed by atoms with E-state index in [1.165, 1.54) is 205 Å². The zero-order valence-corrected chi connectivity index (χ0v) is 53.1. The Morgan fingerprint density at radius 2 is 0.500 bits per heavy atom. The van der Waals surface area contributed by atoms with Crippen LogP contribution in [-0.2, 0) is 28.6 Å². The number of unbranched alkanes of at least 4 members (excludes halogenated alkanes) is 38. The van der Waals surface area contributed by atoms with E-state index in [-0.39, 0.29) is 31.1 Å². The Morgan fingerprint density at radius 3 is 0.812 bits per heavy atom. The number of esters is 3. The fraction of sp³-hybridized carbons (Fsp3) is 0.770. The van der Waals surface area contributed by atoms with Crippen molar-refractivity contribution in [3.8, 4) is 0 Å². The highest BCUT2D eigenvalue weighted by molar-refractivity contribution is 5.71. The fourth-order valence-electron chi connectivity index (χ4n) is 9.92. The molecule has 0 aromatic heterocycles. The zero-order chi connectivity index (χ0) is 57.8. The van der Waals surface area contributed by atoms with E-state index < -0.39 is 6.10 Å². The fourth-order valence-corrected chi connectivity index (χ4v) is 9.92. The Bertz CT molecular complexity index is 1520. The second kappa shape index (κ2) is 68.1. The van der Waals surface area contributed by atoms with Gasteiger partial charge in [0.05, 0.1) is 0 Å². The van der Waals surface area contributed by atoms with Crippen molar-refractivity contribution in [2.24, 2.45) is 0 Å². The summed E-state index contributed by atoms with van der Waals surface area (Å²) in [6.07, 6.45) is 90.5. The average Bonchev–Trinajstić information content (AvgIpc) is 3.46. The lowest BCUT2D eigenvalue weighted by molar-refractivity contribution is -0.167. The maximum Gasteiger partial charge on any atom is 0.306 e. The summed E-state index contributed by atoms with van der Waals surface area (Å²) in [5.41, 5.74) is 0. The second-order valence-corrected chi connectivity index (χ2v) is 23.1. The van der Waals surface area contributed by atoms with Gasteiger partial charge in [0.15, 0.2) is 6.10 Å². The van der Waals surface area contributed by atoms with Crippen LogP contribution in [0.15, 0.2) is 85.1 Å². The van der Waals surface area contributed by atoms with Gasteiger partial charge in [-0.15, -0.1) is 0 Å². The lowest BCUT2D eigenvalue weighted by atomic mass is 10.0. The Hall–Kier alpha value is -3.41. The molecule has 0 N–H and O–H groups in total. The van der Waals surface area contributed by atoms with Crippen LogP contribution in [0, 0.1) is 0 Å². The number of hydrogen-bond acceptors (Lipinski definition) is 6. The highest BCUT2D eigenvalue weighted by Crippen LogP contribution is 2.17. The van der Waals surface area contributed by atoms with Gasteiger partial charge in [0, 0.05) is 19.3 Å². The van der Waals surface area contributed by atoms with E-state index in [2.05, 4.69) is 106 Å². The van der Waals surface area contributed by atoms with Crippen LogP contribution < -0.4 is 0 Å². The molecule has 0 rings (SSSR count). The second-order valence-electron chi connectivity index (χ2n) is 23.1. The summed E-state index contributed by atoms with van der Waals surface area (Å²) in [4.78, 5) is 38.3. The van der Waals surface area contributed by atoms with Crippen molar-refractivity contribution in [2.75, 3.05) is 13.2 Å². The third kappa shape index (κ3) is 65.4. The van der Waals surface area contributed by atoms with Gasteiger partial charge >= 0.3 is 17.9 Å². The average molecular weight is 1120 g/mol. The molecule has 0 heterocycles. The summed E-state index contributed by atoms with van der Waals surface area (Å²) in [7, 11) is 0. The number of rotatable bonds is 63. The standard InChI is InChI=1S/C74H130O6/c1-4-7-10-13-16-19-22-24-26-28-30-31-32-33-34-35-36-37-38-39-40-41-42-43-44-46-47-49-52-55-58-61-64-67-73(76)79-70-71(69-78-72(75)66-63-60-57-54-51-21-18-15-12-9-6-3)80-74(77)68-65-62-59-56-53-50-48-45-29-27-25-23-20-17-14-11-8-5-2/h7,10,15-16,18-20,23-24,26-27,29-31,71H,4-6,8-9,11-14,17,21-22,25,28,32-70H2,1-3H3/b10-7-,18-15-,19-16-,23-20-,26-24-,29-27-,31-30-. The van der Waals surface area contributed by atoms with Gasteiger partial charge in [-0.3, -0.25) is 14.4 Å². The maximum atomic E-state index is 12.9. The van der Waals surface area contributed by atoms with Crippen LogP contribution in [0.5, 0.6) is 0 Å². The van der Waals surface area contributed by atoms with Crippen molar-refractivity contribution < 1.29 is 28.6 Å². The highest BCUT2D eigenvalue weighted by atomic mass is 16.6. The highest BCUT2D eigenvalue weighted by Gasteiger charge is 2.19. The van der Waals surface area contributed by atoms with Gasteiger partial charge < -0.3 is 14.2 Å². The molecule has 1 atom stereocenters. The predicted molar refractivity (Wildman–Crippen MR) is 348 cm³/mol. The van der Waals surface area contributed by atoms with Gasteiger partial charge in [-0.1, -0.05) is 305 Å². The first-order chi connectivity index (χ1) is 39.5. The Labute approximate surface area is 496 Å². The van der Waals surface area contributed by atoms with Crippen LogP contribution in [0.2, 0.25) is 0 Å². The smallest absolute Gasteiger partial charge is 0.306 e. The summed E-state index contributed by atoms with van der Waals surface area (Å²) in [5.74, 6) is -0.880. The Morgan fingerprint density at radius 1 is 0.263 bits per heavy atom. The van der Waals surface area contributed by atoms with Gasteiger partial charge in [-0.25, -0.2) is 0 Å². The topological polar surface area (TPSA) is 78.9 Å². The van der Waals surface area contributed by atoms with E-state index in [1.54, 1.807) is 0 Å². The molecular formula is C74H130O6. The molecule has 0 bridgehead atoms. The molecule has 0 amide bonds. The van der Waals surface area contributed by atoms with Crippen LogP contribution in [0.1, 0.15) is 348 Å². The molecule has 6 heteroatoms. The van der Waals surface area contributed by atoms with E-state index in [0.29, 0.717) is 19.3 Å². The summed E-state index contributed by atoms with van der Waals surface area (Å²) in [6.45, 7) is 6.50. The van der Waals surface area contributed by atoms with Gasteiger partial charge in [-0.05, 0) is 109 Å². The van der Waals surface area contributed by atoms with E-state index >= 15 is 0 Å². The molecule has 0 aliphatic rings.